The fraction of sp³-hybridized carbons (Fsp3) is 0.0357. The van der Waals surface area contributed by atoms with Crippen molar-refractivity contribution in [1.82, 2.24) is 15.2 Å². The zero-order valence-corrected chi connectivity index (χ0v) is 18.3. The largest absolute Gasteiger partial charge is 0.508 e. The summed E-state index contributed by atoms with van der Waals surface area (Å²) in [5.41, 5.74) is 7.01. The summed E-state index contributed by atoms with van der Waals surface area (Å²) in [7, 11) is 1.66. The molecule has 4 aromatic carbocycles. The van der Waals surface area contributed by atoms with Crippen LogP contribution < -0.4 is 4.74 Å². The van der Waals surface area contributed by atoms with Gasteiger partial charge in [0, 0.05) is 22.4 Å². The van der Waals surface area contributed by atoms with Gasteiger partial charge in [0.15, 0.2) is 0 Å². The SMILES string of the molecule is COc1cccc(-c2ccc3[nH]nc(-c4cc5c(-c6cc(O)cc(F)c6)cccc5[nH]4)c3c2)c1. The maximum Gasteiger partial charge on any atom is 0.127 e. The number of benzene rings is 4. The van der Waals surface area contributed by atoms with Crippen molar-refractivity contribution in [1.29, 1.82) is 0 Å². The predicted molar refractivity (Wildman–Crippen MR) is 132 cm³/mol. The first-order chi connectivity index (χ1) is 16.6. The van der Waals surface area contributed by atoms with Crippen LogP contribution in [0.3, 0.4) is 0 Å². The molecule has 0 fully saturated rings. The molecular weight excluding hydrogens is 429 g/mol. The van der Waals surface area contributed by atoms with E-state index in [1.807, 2.05) is 54.6 Å². The van der Waals surface area contributed by atoms with Gasteiger partial charge >= 0.3 is 0 Å². The van der Waals surface area contributed by atoms with Gasteiger partial charge in [-0.2, -0.15) is 5.10 Å². The molecule has 0 atom stereocenters. The number of phenolic OH excluding ortho intramolecular Hbond substituents is 1. The first-order valence-corrected chi connectivity index (χ1v) is 10.8. The maximum atomic E-state index is 14.0. The lowest BCUT2D eigenvalue weighted by atomic mass is 10.0. The Bertz CT molecular complexity index is 1660. The molecule has 6 aromatic rings. The number of fused-ring (bicyclic) bond motifs is 2. The molecule has 2 aromatic heterocycles. The molecule has 0 saturated heterocycles. The Morgan fingerprint density at radius 3 is 2.50 bits per heavy atom. The first kappa shape index (κ1) is 20.1. The monoisotopic (exact) mass is 449 g/mol. The molecule has 0 aliphatic heterocycles. The minimum atomic E-state index is -0.480. The minimum absolute atomic E-state index is 0.105. The molecule has 0 unspecified atom stereocenters. The highest BCUT2D eigenvalue weighted by Gasteiger charge is 2.15. The summed E-state index contributed by atoms with van der Waals surface area (Å²) < 4.78 is 19.3. The fourth-order valence-corrected chi connectivity index (χ4v) is 4.47. The molecule has 0 aliphatic carbocycles. The number of aromatic hydroxyl groups is 1. The van der Waals surface area contributed by atoms with Crippen molar-refractivity contribution < 1.29 is 14.2 Å². The van der Waals surface area contributed by atoms with Crippen LogP contribution in [0.1, 0.15) is 0 Å². The smallest absolute Gasteiger partial charge is 0.127 e. The van der Waals surface area contributed by atoms with Gasteiger partial charge in [-0.3, -0.25) is 5.10 Å². The minimum Gasteiger partial charge on any atom is -0.508 e. The third kappa shape index (κ3) is 3.36. The van der Waals surface area contributed by atoms with Crippen LogP contribution in [0.25, 0.3) is 55.4 Å². The van der Waals surface area contributed by atoms with E-state index in [-0.39, 0.29) is 5.75 Å². The number of nitrogens with zero attached hydrogens (tertiary/aromatic N) is 1. The Hall–Kier alpha value is -4.58. The normalized spacial score (nSPS) is 11.4. The van der Waals surface area contributed by atoms with Crippen molar-refractivity contribution in [2.45, 2.75) is 0 Å². The van der Waals surface area contributed by atoms with Gasteiger partial charge in [-0.1, -0.05) is 30.3 Å². The van der Waals surface area contributed by atoms with Gasteiger partial charge in [0.25, 0.3) is 0 Å². The van der Waals surface area contributed by atoms with E-state index < -0.39 is 5.82 Å². The van der Waals surface area contributed by atoms with Crippen molar-refractivity contribution in [3.05, 3.63) is 90.7 Å². The summed E-state index contributed by atoms with van der Waals surface area (Å²) in [5, 5.41) is 19.5. The number of halogens is 1. The van der Waals surface area contributed by atoms with Crippen LogP contribution in [0.15, 0.2) is 84.9 Å². The highest BCUT2D eigenvalue weighted by atomic mass is 19.1. The number of rotatable bonds is 4. The van der Waals surface area contributed by atoms with Crippen molar-refractivity contribution in [2.75, 3.05) is 7.11 Å². The van der Waals surface area contributed by atoms with Crippen molar-refractivity contribution >= 4 is 21.8 Å². The van der Waals surface area contributed by atoms with Gasteiger partial charge in [0.2, 0.25) is 0 Å². The van der Waals surface area contributed by atoms with Crippen LogP contribution in [0.2, 0.25) is 0 Å². The van der Waals surface area contributed by atoms with Crippen LogP contribution in [0, 0.1) is 5.82 Å². The van der Waals surface area contributed by atoms with Gasteiger partial charge in [-0.05, 0) is 70.8 Å². The first-order valence-electron chi connectivity index (χ1n) is 10.8. The lowest BCUT2D eigenvalue weighted by Gasteiger charge is -2.05. The molecule has 6 rings (SSSR count). The fourth-order valence-electron chi connectivity index (χ4n) is 4.47. The molecule has 34 heavy (non-hydrogen) atoms. The van der Waals surface area contributed by atoms with E-state index >= 15 is 0 Å². The maximum absolute atomic E-state index is 14.0. The van der Waals surface area contributed by atoms with Crippen LogP contribution in [0.4, 0.5) is 4.39 Å². The topological polar surface area (TPSA) is 73.9 Å². The summed E-state index contributed by atoms with van der Waals surface area (Å²) >= 11 is 0. The molecule has 0 bridgehead atoms. The molecule has 0 aliphatic rings. The molecule has 3 N–H and O–H groups in total. The van der Waals surface area contributed by atoms with E-state index in [1.54, 1.807) is 13.2 Å². The Labute approximate surface area is 194 Å². The molecule has 0 amide bonds. The van der Waals surface area contributed by atoms with Gasteiger partial charge in [-0.15, -0.1) is 0 Å². The number of hydrogen-bond donors (Lipinski definition) is 3. The van der Waals surface area contributed by atoms with E-state index in [2.05, 4.69) is 27.3 Å². The van der Waals surface area contributed by atoms with Gasteiger partial charge in [0.1, 0.15) is 23.0 Å². The molecule has 166 valence electrons. The number of nitrogens with one attached hydrogen (secondary N) is 2. The van der Waals surface area contributed by atoms with E-state index in [9.17, 15) is 9.50 Å². The molecule has 6 heteroatoms. The van der Waals surface area contributed by atoms with Gasteiger partial charge in [0.05, 0.1) is 18.3 Å². The molecule has 2 heterocycles. The van der Waals surface area contributed by atoms with E-state index in [0.29, 0.717) is 5.56 Å². The number of hydrogen-bond acceptors (Lipinski definition) is 3. The Morgan fingerprint density at radius 2 is 1.65 bits per heavy atom. The summed E-state index contributed by atoms with van der Waals surface area (Å²) in [6.07, 6.45) is 0. The number of methoxy groups -OCH3 is 1. The average Bonchev–Trinajstić information content (AvgIpc) is 3.46. The number of H-pyrrole nitrogens is 2. The summed E-state index contributed by atoms with van der Waals surface area (Å²) in [5.74, 6) is 0.216. The Balaban J connectivity index is 1.49. The predicted octanol–water partition coefficient (Wildman–Crippen LogP) is 6.90. The average molecular weight is 449 g/mol. The van der Waals surface area contributed by atoms with Crippen molar-refractivity contribution in [2.24, 2.45) is 0 Å². The zero-order valence-electron chi connectivity index (χ0n) is 18.3. The van der Waals surface area contributed by atoms with E-state index in [1.165, 1.54) is 6.07 Å². The molecule has 0 saturated carbocycles. The number of aromatic amines is 2. The van der Waals surface area contributed by atoms with Crippen molar-refractivity contribution in [3.8, 4) is 45.1 Å². The number of aromatic nitrogens is 3. The Morgan fingerprint density at radius 1 is 0.794 bits per heavy atom. The van der Waals surface area contributed by atoms with Crippen LogP contribution in [0.5, 0.6) is 11.5 Å². The second-order valence-electron chi connectivity index (χ2n) is 8.21. The summed E-state index contributed by atoms with van der Waals surface area (Å²) in [6.45, 7) is 0. The van der Waals surface area contributed by atoms with E-state index in [4.69, 9.17) is 4.74 Å². The number of ether oxygens (including phenoxy) is 1. The standard InChI is InChI=1S/C28H20FN3O2/c1-34-21-5-2-4-16(12-21)17-8-9-26-24(13-17)28(32-31-26)27-15-23-22(6-3-7-25(23)30-27)18-10-19(29)14-20(33)11-18/h2-15,30,33H,1H3,(H,31,32). The van der Waals surface area contributed by atoms with Crippen LogP contribution in [-0.2, 0) is 0 Å². The lowest BCUT2D eigenvalue weighted by Crippen LogP contribution is -1.84. The van der Waals surface area contributed by atoms with Crippen LogP contribution >= 0.6 is 0 Å². The quantitative estimate of drug-likeness (QED) is 0.274. The van der Waals surface area contributed by atoms with Crippen molar-refractivity contribution in [3.63, 3.8) is 0 Å². The van der Waals surface area contributed by atoms with Gasteiger partial charge in [-0.25, -0.2) is 4.39 Å². The second-order valence-corrected chi connectivity index (χ2v) is 8.21. The third-order valence-corrected chi connectivity index (χ3v) is 6.08. The number of phenols is 1. The molecule has 5 nitrogen and oxygen atoms in total. The highest BCUT2D eigenvalue weighted by Crippen LogP contribution is 2.36. The summed E-state index contributed by atoms with van der Waals surface area (Å²) in [4.78, 5) is 3.45. The van der Waals surface area contributed by atoms with E-state index in [0.717, 1.165) is 61.7 Å². The molecular formula is C28H20FN3O2. The Kier molecular flexibility index (Phi) is 4.59. The highest BCUT2D eigenvalue weighted by molar-refractivity contribution is 6.02. The van der Waals surface area contributed by atoms with Crippen LogP contribution in [-0.4, -0.2) is 27.4 Å². The molecule has 0 radical (unpaired) electrons. The zero-order chi connectivity index (χ0) is 23.2. The summed E-state index contributed by atoms with van der Waals surface area (Å²) in [6, 6.07) is 26.0. The lowest BCUT2D eigenvalue weighted by molar-refractivity contribution is 0.415. The molecule has 0 spiro atoms. The second kappa shape index (κ2) is 7.78. The van der Waals surface area contributed by atoms with Gasteiger partial charge < -0.3 is 14.8 Å². The third-order valence-electron chi connectivity index (χ3n) is 6.08.